The monoisotopic (exact) mass is 448 g/mol. The molecule has 1 aromatic carbocycles. The topological polar surface area (TPSA) is 85.0 Å². The second kappa shape index (κ2) is 8.63. The second-order valence-corrected chi connectivity index (χ2v) is 9.35. The van der Waals surface area contributed by atoms with E-state index in [0.717, 1.165) is 30.8 Å². The molecule has 1 aromatic heterocycles. The van der Waals surface area contributed by atoms with Crippen molar-refractivity contribution in [2.75, 3.05) is 18.0 Å². The molecule has 4 heterocycles. The molecule has 172 valence electrons. The van der Waals surface area contributed by atoms with Crippen LogP contribution >= 0.6 is 0 Å². The number of carboxylic acids is 1. The van der Waals surface area contributed by atoms with Gasteiger partial charge in [0.1, 0.15) is 5.70 Å². The lowest BCUT2D eigenvalue weighted by Crippen LogP contribution is -2.61. The highest BCUT2D eigenvalue weighted by Crippen LogP contribution is 2.46. The van der Waals surface area contributed by atoms with Crippen molar-refractivity contribution in [1.82, 2.24) is 4.90 Å². The van der Waals surface area contributed by atoms with E-state index < -0.39 is 18.0 Å². The van der Waals surface area contributed by atoms with Gasteiger partial charge in [0.2, 0.25) is 5.91 Å². The Bertz CT molecular complexity index is 1090. The summed E-state index contributed by atoms with van der Waals surface area (Å²) in [7, 11) is 0. The number of piperidine rings is 1. The van der Waals surface area contributed by atoms with Gasteiger partial charge in [0.25, 0.3) is 0 Å². The first-order valence-electron chi connectivity index (χ1n) is 11.7. The van der Waals surface area contributed by atoms with Crippen molar-refractivity contribution in [3.63, 3.8) is 0 Å². The molecule has 0 spiro atoms. The Labute approximate surface area is 193 Å². The number of anilines is 1. The van der Waals surface area contributed by atoms with Gasteiger partial charge in [0, 0.05) is 36.5 Å². The number of fused-ring (bicyclic) bond motifs is 1. The Morgan fingerprint density at radius 3 is 2.36 bits per heavy atom. The van der Waals surface area contributed by atoms with Crippen molar-refractivity contribution in [3.05, 3.63) is 65.6 Å². The Balaban J connectivity index is 1.31. The molecule has 0 saturated carbocycles. The van der Waals surface area contributed by atoms with Crippen LogP contribution < -0.4 is 9.47 Å². The number of rotatable bonds is 6. The van der Waals surface area contributed by atoms with Crippen molar-refractivity contribution >= 4 is 23.1 Å². The molecule has 5 rings (SSSR count). The Morgan fingerprint density at radius 2 is 1.76 bits per heavy atom. The number of aliphatic carboxylic acids is 1. The number of benzene rings is 1. The van der Waals surface area contributed by atoms with Gasteiger partial charge in [0.05, 0.1) is 18.1 Å². The lowest BCUT2D eigenvalue weighted by molar-refractivity contribution is -0.688. The first-order chi connectivity index (χ1) is 15.9. The molecule has 2 fully saturated rings. The highest BCUT2D eigenvalue weighted by atomic mass is 16.4. The third-order valence-electron chi connectivity index (χ3n) is 7.19. The number of hydrogen-bond acceptors (Lipinski definition) is 4. The van der Waals surface area contributed by atoms with Crippen molar-refractivity contribution in [3.8, 4) is 0 Å². The summed E-state index contributed by atoms with van der Waals surface area (Å²) in [5.41, 5.74) is 3.91. The third kappa shape index (κ3) is 3.91. The number of pyridine rings is 1. The average molecular weight is 449 g/mol. The van der Waals surface area contributed by atoms with Crippen molar-refractivity contribution in [1.29, 1.82) is 0 Å². The number of hydrogen-bond donors (Lipinski definition) is 2. The van der Waals surface area contributed by atoms with Gasteiger partial charge in [-0.15, -0.1) is 0 Å². The van der Waals surface area contributed by atoms with Gasteiger partial charge in [-0.25, -0.2) is 9.36 Å². The van der Waals surface area contributed by atoms with Crippen LogP contribution in [-0.4, -0.2) is 52.2 Å². The van der Waals surface area contributed by atoms with E-state index in [1.165, 1.54) is 29.8 Å². The van der Waals surface area contributed by atoms with Crippen LogP contribution in [0, 0.1) is 5.92 Å². The number of carbonyl (C=O) groups is 2. The van der Waals surface area contributed by atoms with Crippen LogP contribution in [0.1, 0.15) is 43.7 Å². The SMILES string of the molecule is C[C@@H](O)[C@H]1C(=O)N2C(C(=O)O)=C(c3ccc(C[n+]4ccc(N5CCCCC5)cc4)cc3)C[C@H]12. The lowest BCUT2D eigenvalue weighted by Gasteiger charge is -2.44. The quantitative estimate of drug-likeness (QED) is 0.524. The predicted octanol–water partition coefficient (Wildman–Crippen LogP) is 2.42. The Morgan fingerprint density at radius 1 is 1.09 bits per heavy atom. The van der Waals surface area contributed by atoms with Crippen LogP contribution in [0.5, 0.6) is 0 Å². The van der Waals surface area contributed by atoms with E-state index in [0.29, 0.717) is 12.0 Å². The molecule has 7 nitrogen and oxygen atoms in total. The maximum absolute atomic E-state index is 12.4. The zero-order chi connectivity index (χ0) is 23.1. The van der Waals surface area contributed by atoms with Crippen LogP contribution in [0.2, 0.25) is 0 Å². The number of aromatic nitrogens is 1. The van der Waals surface area contributed by atoms with E-state index in [1.54, 1.807) is 6.92 Å². The smallest absolute Gasteiger partial charge is 0.352 e. The Hall–Kier alpha value is -3.19. The summed E-state index contributed by atoms with van der Waals surface area (Å²) in [6, 6.07) is 12.0. The van der Waals surface area contributed by atoms with Crippen LogP contribution in [0.3, 0.4) is 0 Å². The summed E-state index contributed by atoms with van der Waals surface area (Å²) in [5, 5.41) is 19.7. The predicted molar refractivity (Wildman–Crippen MR) is 123 cm³/mol. The van der Waals surface area contributed by atoms with E-state index in [4.69, 9.17) is 0 Å². The molecule has 3 aliphatic rings. The standard InChI is InChI=1S/C26H29N3O4/c1-17(30)23-22-15-21(24(26(32)33)29(22)25(23)31)19-7-5-18(6-8-19)16-27-13-9-20(10-14-27)28-11-3-2-4-12-28/h5-10,13-14,17,22-23,30H,2-4,11-12,15-16H2,1H3/p+1/t17-,22-,23-/m1/s1. The van der Waals surface area contributed by atoms with Gasteiger partial charge in [-0.3, -0.25) is 4.79 Å². The maximum Gasteiger partial charge on any atom is 0.352 e. The zero-order valence-corrected chi connectivity index (χ0v) is 18.9. The molecule has 3 aliphatic heterocycles. The molecule has 1 amide bonds. The minimum atomic E-state index is -1.10. The van der Waals surface area contributed by atoms with Crippen LogP contribution in [0.4, 0.5) is 5.69 Å². The maximum atomic E-state index is 12.4. The minimum Gasteiger partial charge on any atom is -0.477 e. The summed E-state index contributed by atoms with van der Waals surface area (Å²) in [6.07, 6.45) is 7.71. The number of carboxylic acid groups (broad SMARTS) is 1. The van der Waals surface area contributed by atoms with E-state index in [1.807, 2.05) is 24.3 Å². The van der Waals surface area contributed by atoms with Gasteiger partial charge >= 0.3 is 5.97 Å². The second-order valence-electron chi connectivity index (χ2n) is 9.35. The molecular weight excluding hydrogens is 418 g/mol. The molecule has 0 aliphatic carbocycles. The molecule has 2 N–H and O–H groups in total. The normalized spacial score (nSPS) is 23.4. The molecule has 33 heavy (non-hydrogen) atoms. The van der Waals surface area contributed by atoms with E-state index in [9.17, 15) is 19.8 Å². The third-order valence-corrected chi connectivity index (χ3v) is 7.19. The van der Waals surface area contributed by atoms with E-state index in [-0.39, 0.29) is 17.6 Å². The average Bonchev–Trinajstić information content (AvgIpc) is 3.16. The van der Waals surface area contributed by atoms with Crippen LogP contribution in [0.15, 0.2) is 54.5 Å². The van der Waals surface area contributed by atoms with Crippen molar-refractivity contribution in [2.24, 2.45) is 5.92 Å². The molecular formula is C26H30N3O4+. The highest BCUT2D eigenvalue weighted by Gasteiger charge is 2.56. The van der Waals surface area contributed by atoms with Gasteiger partial charge in [-0.05, 0) is 43.7 Å². The van der Waals surface area contributed by atoms with Crippen LogP contribution in [0.25, 0.3) is 5.57 Å². The summed E-state index contributed by atoms with van der Waals surface area (Å²) >= 11 is 0. The molecule has 2 saturated heterocycles. The van der Waals surface area contributed by atoms with E-state index >= 15 is 0 Å². The van der Waals surface area contributed by atoms with Gasteiger partial charge in [-0.2, -0.15) is 0 Å². The fourth-order valence-corrected chi connectivity index (χ4v) is 5.47. The number of β-lactam (4-membered cyclic amide) rings is 1. The number of carbonyl (C=O) groups excluding carboxylic acids is 1. The molecule has 2 aromatic rings. The summed E-state index contributed by atoms with van der Waals surface area (Å²) in [5.74, 6) is -1.93. The van der Waals surface area contributed by atoms with Gasteiger partial charge < -0.3 is 20.0 Å². The number of nitrogens with zero attached hydrogens (tertiary/aromatic N) is 3. The fraction of sp³-hybridized carbons (Fsp3) is 0.423. The minimum absolute atomic E-state index is 0.0531. The molecule has 0 radical (unpaired) electrons. The Kier molecular flexibility index (Phi) is 5.66. The largest absolute Gasteiger partial charge is 0.477 e. The van der Waals surface area contributed by atoms with Gasteiger partial charge in [-0.1, -0.05) is 24.3 Å². The summed E-state index contributed by atoms with van der Waals surface area (Å²) < 4.78 is 2.14. The summed E-state index contributed by atoms with van der Waals surface area (Å²) in [4.78, 5) is 28.1. The molecule has 0 bridgehead atoms. The lowest BCUT2D eigenvalue weighted by atomic mass is 9.82. The van der Waals surface area contributed by atoms with Crippen LogP contribution in [-0.2, 0) is 16.1 Å². The molecule has 3 atom stereocenters. The highest BCUT2D eigenvalue weighted by molar-refractivity contribution is 6.06. The first kappa shape index (κ1) is 21.6. The number of amides is 1. The first-order valence-corrected chi connectivity index (χ1v) is 11.7. The summed E-state index contributed by atoms with van der Waals surface area (Å²) in [6.45, 7) is 4.57. The number of aliphatic hydroxyl groups is 1. The van der Waals surface area contributed by atoms with Crippen molar-refractivity contribution in [2.45, 2.75) is 51.3 Å². The van der Waals surface area contributed by atoms with E-state index in [2.05, 4.69) is 34.0 Å². The molecule has 0 unspecified atom stereocenters. The van der Waals surface area contributed by atoms with Crippen molar-refractivity contribution < 1.29 is 24.4 Å². The number of aliphatic hydroxyl groups excluding tert-OH is 1. The molecule has 7 heteroatoms. The fourth-order valence-electron chi connectivity index (χ4n) is 5.47. The van der Waals surface area contributed by atoms with Gasteiger partial charge in [0.15, 0.2) is 18.9 Å². The zero-order valence-electron chi connectivity index (χ0n) is 18.9.